The largest absolute Gasteiger partial charge is 0.481 e. The predicted molar refractivity (Wildman–Crippen MR) is 80.5 cm³/mol. The quantitative estimate of drug-likeness (QED) is 0.881. The molecule has 112 valence electrons. The minimum absolute atomic E-state index is 0.217. The third-order valence-corrected chi connectivity index (χ3v) is 4.00. The van der Waals surface area contributed by atoms with Crippen molar-refractivity contribution in [3.8, 4) is 0 Å². The van der Waals surface area contributed by atoms with Crippen LogP contribution >= 0.6 is 0 Å². The minimum atomic E-state index is -0.714. The van der Waals surface area contributed by atoms with Crippen LogP contribution in [0.3, 0.4) is 0 Å². The van der Waals surface area contributed by atoms with E-state index in [9.17, 15) is 4.79 Å². The molecule has 1 N–H and O–H groups in total. The third-order valence-electron chi connectivity index (χ3n) is 4.00. The average Bonchev–Trinajstić information content (AvgIpc) is 2.40. The second-order valence-electron chi connectivity index (χ2n) is 5.61. The number of aliphatic carboxylic acids is 1. The van der Waals surface area contributed by atoms with Crippen molar-refractivity contribution >= 4 is 5.97 Å². The van der Waals surface area contributed by atoms with Crippen LogP contribution in [0, 0.1) is 11.3 Å². The second-order valence-corrected chi connectivity index (χ2v) is 5.61. The first-order chi connectivity index (χ1) is 9.50. The average molecular weight is 278 g/mol. The molecule has 0 radical (unpaired) electrons. The number of hydrogen-bond acceptors (Lipinski definition) is 2. The summed E-state index contributed by atoms with van der Waals surface area (Å²) in [6, 6.07) is 10.1. The van der Waals surface area contributed by atoms with E-state index >= 15 is 0 Å². The lowest BCUT2D eigenvalue weighted by atomic mass is 9.66. The van der Waals surface area contributed by atoms with Crippen LogP contribution in [0.25, 0.3) is 0 Å². The Bertz CT molecular complexity index is 406. The van der Waals surface area contributed by atoms with Crippen LogP contribution in [0.5, 0.6) is 0 Å². The molecular formula is C17H26O3. The van der Waals surface area contributed by atoms with Gasteiger partial charge in [-0.15, -0.1) is 0 Å². The van der Waals surface area contributed by atoms with Crippen LogP contribution in [-0.2, 0) is 16.1 Å². The molecule has 0 saturated heterocycles. The normalized spacial score (nSPS) is 21.4. The molecule has 0 heterocycles. The van der Waals surface area contributed by atoms with Gasteiger partial charge in [0.05, 0.1) is 18.1 Å². The van der Waals surface area contributed by atoms with E-state index in [2.05, 4.69) is 0 Å². The SMILES string of the molecule is CC.CC(C)(C(=O)O)C1CC(OCc2ccccc2)C1. The van der Waals surface area contributed by atoms with Crippen molar-refractivity contribution in [1.82, 2.24) is 0 Å². The molecule has 0 aliphatic heterocycles. The Morgan fingerprint density at radius 1 is 1.25 bits per heavy atom. The van der Waals surface area contributed by atoms with Gasteiger partial charge in [0.1, 0.15) is 0 Å². The van der Waals surface area contributed by atoms with Crippen LogP contribution in [0.1, 0.15) is 46.1 Å². The summed E-state index contributed by atoms with van der Waals surface area (Å²) in [4.78, 5) is 11.1. The van der Waals surface area contributed by atoms with E-state index in [1.165, 1.54) is 5.56 Å². The molecule has 0 atom stereocenters. The smallest absolute Gasteiger partial charge is 0.309 e. The van der Waals surface area contributed by atoms with E-state index in [1.807, 2.05) is 44.2 Å². The molecular weight excluding hydrogens is 252 g/mol. The Kier molecular flexibility index (Phi) is 6.21. The van der Waals surface area contributed by atoms with Crippen LogP contribution < -0.4 is 0 Å². The highest BCUT2D eigenvalue weighted by Gasteiger charge is 2.44. The Hall–Kier alpha value is -1.35. The number of ether oxygens (including phenoxy) is 1. The van der Waals surface area contributed by atoms with Gasteiger partial charge >= 0.3 is 5.97 Å². The van der Waals surface area contributed by atoms with Gasteiger partial charge in [0, 0.05) is 0 Å². The molecule has 0 amide bonds. The molecule has 1 aliphatic rings. The molecule has 0 spiro atoms. The third kappa shape index (κ3) is 4.07. The van der Waals surface area contributed by atoms with Crippen LogP contribution in [0.2, 0.25) is 0 Å². The maximum atomic E-state index is 11.1. The van der Waals surface area contributed by atoms with Gasteiger partial charge in [-0.25, -0.2) is 0 Å². The summed E-state index contributed by atoms with van der Waals surface area (Å²) < 4.78 is 5.78. The lowest BCUT2D eigenvalue weighted by Gasteiger charge is -2.42. The Morgan fingerprint density at radius 3 is 2.30 bits per heavy atom. The second kappa shape index (κ2) is 7.44. The van der Waals surface area contributed by atoms with Gasteiger partial charge in [0.25, 0.3) is 0 Å². The molecule has 1 aliphatic carbocycles. The summed E-state index contributed by atoms with van der Waals surface area (Å²) in [6.07, 6.45) is 1.92. The molecule has 1 saturated carbocycles. The summed E-state index contributed by atoms with van der Waals surface area (Å²) in [5.74, 6) is -0.482. The van der Waals surface area contributed by atoms with Gasteiger partial charge in [-0.2, -0.15) is 0 Å². The van der Waals surface area contributed by atoms with Gasteiger partial charge in [-0.05, 0) is 38.2 Å². The molecule has 3 nitrogen and oxygen atoms in total. The van der Waals surface area contributed by atoms with E-state index in [0.717, 1.165) is 12.8 Å². The number of carboxylic acids is 1. The number of carboxylic acid groups (broad SMARTS) is 1. The highest BCUT2D eigenvalue weighted by Crippen LogP contribution is 2.43. The van der Waals surface area contributed by atoms with Crippen molar-refractivity contribution in [2.45, 2.75) is 53.2 Å². The monoisotopic (exact) mass is 278 g/mol. The molecule has 1 aromatic rings. The summed E-state index contributed by atoms with van der Waals surface area (Å²) in [6.45, 7) is 8.21. The zero-order valence-corrected chi connectivity index (χ0v) is 12.9. The topological polar surface area (TPSA) is 46.5 Å². The van der Waals surface area contributed by atoms with Crippen LogP contribution in [0.4, 0.5) is 0 Å². The number of benzene rings is 1. The van der Waals surface area contributed by atoms with Crippen molar-refractivity contribution in [3.05, 3.63) is 35.9 Å². The maximum Gasteiger partial charge on any atom is 0.309 e. The Morgan fingerprint density at radius 2 is 1.80 bits per heavy atom. The van der Waals surface area contributed by atoms with E-state index in [1.54, 1.807) is 13.8 Å². The van der Waals surface area contributed by atoms with Crippen molar-refractivity contribution < 1.29 is 14.6 Å². The van der Waals surface area contributed by atoms with Crippen LogP contribution in [0.15, 0.2) is 30.3 Å². The first kappa shape index (κ1) is 16.7. The lowest BCUT2D eigenvalue weighted by molar-refractivity contribution is -0.157. The molecule has 0 aromatic heterocycles. The summed E-state index contributed by atoms with van der Waals surface area (Å²) in [5, 5.41) is 9.13. The van der Waals surface area contributed by atoms with Crippen LogP contribution in [-0.4, -0.2) is 17.2 Å². The van der Waals surface area contributed by atoms with Gasteiger partial charge in [0.2, 0.25) is 0 Å². The first-order valence-electron chi connectivity index (χ1n) is 7.39. The zero-order chi connectivity index (χ0) is 15.2. The molecule has 20 heavy (non-hydrogen) atoms. The highest BCUT2D eigenvalue weighted by atomic mass is 16.5. The van der Waals surface area contributed by atoms with E-state index in [4.69, 9.17) is 9.84 Å². The Labute approximate surface area is 122 Å². The van der Waals surface area contributed by atoms with Crippen molar-refractivity contribution in [1.29, 1.82) is 0 Å². The fourth-order valence-electron chi connectivity index (χ4n) is 2.25. The molecule has 1 fully saturated rings. The fraction of sp³-hybridized carbons (Fsp3) is 0.588. The number of carbonyl (C=O) groups is 1. The van der Waals surface area contributed by atoms with Crippen molar-refractivity contribution in [3.63, 3.8) is 0 Å². The minimum Gasteiger partial charge on any atom is -0.481 e. The zero-order valence-electron chi connectivity index (χ0n) is 12.9. The Balaban J connectivity index is 0.000000956. The summed E-state index contributed by atoms with van der Waals surface area (Å²) >= 11 is 0. The van der Waals surface area contributed by atoms with Crippen molar-refractivity contribution in [2.75, 3.05) is 0 Å². The van der Waals surface area contributed by atoms with E-state index in [-0.39, 0.29) is 12.0 Å². The number of rotatable bonds is 5. The number of hydrogen-bond donors (Lipinski definition) is 1. The summed E-state index contributed by atoms with van der Waals surface area (Å²) in [5.41, 5.74) is 0.533. The predicted octanol–water partition coefficient (Wildman–Crippen LogP) is 4.12. The van der Waals surface area contributed by atoms with E-state index < -0.39 is 11.4 Å². The highest BCUT2D eigenvalue weighted by molar-refractivity contribution is 5.74. The molecule has 0 unspecified atom stereocenters. The van der Waals surface area contributed by atoms with Gasteiger partial charge in [0.15, 0.2) is 0 Å². The molecule has 2 rings (SSSR count). The van der Waals surface area contributed by atoms with Gasteiger partial charge < -0.3 is 9.84 Å². The van der Waals surface area contributed by atoms with E-state index in [0.29, 0.717) is 6.61 Å². The molecule has 3 heteroatoms. The standard InChI is InChI=1S/C15H20O3.C2H6/c1-15(2,14(16)17)12-8-13(9-12)18-10-11-6-4-3-5-7-11;1-2/h3-7,12-13H,8-10H2,1-2H3,(H,16,17);1-2H3. The fourth-order valence-corrected chi connectivity index (χ4v) is 2.25. The summed E-state index contributed by atoms with van der Waals surface area (Å²) in [7, 11) is 0. The maximum absolute atomic E-state index is 11.1. The lowest BCUT2D eigenvalue weighted by Crippen LogP contribution is -2.44. The molecule has 0 bridgehead atoms. The molecule has 1 aromatic carbocycles. The van der Waals surface area contributed by atoms with Crippen molar-refractivity contribution in [2.24, 2.45) is 11.3 Å². The van der Waals surface area contributed by atoms with Gasteiger partial charge in [-0.1, -0.05) is 44.2 Å². The first-order valence-corrected chi connectivity index (χ1v) is 7.39. The van der Waals surface area contributed by atoms with Gasteiger partial charge in [-0.3, -0.25) is 4.79 Å².